The molecule has 2 aliphatic rings. The lowest BCUT2D eigenvalue weighted by Gasteiger charge is -2.34. The molecule has 0 radical (unpaired) electrons. The number of hydrogen-bond donors (Lipinski definition) is 3. The lowest BCUT2D eigenvalue weighted by atomic mass is 9.96. The van der Waals surface area contributed by atoms with Crippen LogP contribution in [0.25, 0.3) is 0 Å². The van der Waals surface area contributed by atoms with Gasteiger partial charge in [0.05, 0.1) is 0 Å². The Kier molecular flexibility index (Phi) is 7.43. The lowest BCUT2D eigenvalue weighted by molar-refractivity contribution is -0.144. The van der Waals surface area contributed by atoms with E-state index in [2.05, 4.69) is 16.0 Å². The van der Waals surface area contributed by atoms with Gasteiger partial charge < -0.3 is 20.9 Å². The Hall–Kier alpha value is -2.12. The summed E-state index contributed by atoms with van der Waals surface area (Å²) in [6, 6.07) is -2.84. The molecule has 5 atom stereocenters. The molecule has 2 fully saturated rings. The van der Waals surface area contributed by atoms with Crippen molar-refractivity contribution in [2.45, 2.75) is 84.5 Å². The summed E-state index contributed by atoms with van der Waals surface area (Å²) < 4.78 is 0. The third-order valence-electron chi connectivity index (χ3n) is 5.71. The molecule has 0 aromatic rings. The summed E-state index contributed by atoms with van der Waals surface area (Å²) in [5.74, 6) is -1.18. The molecule has 158 valence electrons. The Morgan fingerprint density at radius 1 is 1.00 bits per heavy atom. The first kappa shape index (κ1) is 22.2. The standard InChI is InChI=1S/C20H34N4O4/c1-6-12(4)16-20(28)24-9-7-8-15(24)19(27)22-14(10-11(2)3)18(26)21-13(5)17(25)23-16/h11-16H,6-10H2,1-5H3,(H,21,26)(H,22,27)(H,23,25)/t12-,13-,14-,15-,16-/m0/s1. The fourth-order valence-electron chi connectivity index (χ4n) is 3.79. The van der Waals surface area contributed by atoms with Gasteiger partial charge in [0.1, 0.15) is 24.2 Å². The Labute approximate surface area is 167 Å². The Morgan fingerprint density at radius 2 is 1.68 bits per heavy atom. The third kappa shape index (κ3) is 5.02. The Balaban J connectivity index is 2.37. The van der Waals surface area contributed by atoms with E-state index in [-0.39, 0.29) is 29.6 Å². The molecule has 0 aliphatic carbocycles. The van der Waals surface area contributed by atoms with Crippen LogP contribution in [0, 0.1) is 11.8 Å². The van der Waals surface area contributed by atoms with Crippen molar-refractivity contribution < 1.29 is 19.2 Å². The summed E-state index contributed by atoms with van der Waals surface area (Å²) in [5, 5.41) is 8.32. The highest BCUT2D eigenvalue weighted by molar-refractivity contribution is 5.97. The SMILES string of the molecule is CC[C@H](C)[C@@H]1NC(=O)[C@H](C)NC(=O)[C@H](CC(C)C)NC(=O)[C@@H]2CCCN2C1=O. The highest BCUT2D eigenvalue weighted by Gasteiger charge is 2.41. The molecule has 28 heavy (non-hydrogen) atoms. The second-order valence-electron chi connectivity index (χ2n) is 8.48. The molecule has 4 amide bonds. The van der Waals surface area contributed by atoms with Crippen LogP contribution in [-0.2, 0) is 19.2 Å². The monoisotopic (exact) mass is 394 g/mol. The molecule has 2 saturated heterocycles. The number of rotatable bonds is 4. The van der Waals surface area contributed by atoms with Crippen LogP contribution in [0.4, 0.5) is 0 Å². The molecule has 3 N–H and O–H groups in total. The van der Waals surface area contributed by atoms with E-state index in [9.17, 15) is 19.2 Å². The molecular formula is C20H34N4O4. The van der Waals surface area contributed by atoms with Gasteiger partial charge in [-0.15, -0.1) is 0 Å². The van der Waals surface area contributed by atoms with Crippen molar-refractivity contribution in [1.82, 2.24) is 20.9 Å². The van der Waals surface area contributed by atoms with Crippen LogP contribution in [0.3, 0.4) is 0 Å². The normalized spacial score (nSPS) is 30.7. The van der Waals surface area contributed by atoms with E-state index >= 15 is 0 Å². The summed E-state index contributed by atoms with van der Waals surface area (Å²) in [7, 11) is 0. The van der Waals surface area contributed by atoms with Gasteiger partial charge in [0, 0.05) is 6.54 Å². The zero-order chi connectivity index (χ0) is 21.0. The summed E-state index contributed by atoms with van der Waals surface area (Å²) in [6.45, 7) is 9.86. The summed E-state index contributed by atoms with van der Waals surface area (Å²) in [5.41, 5.74) is 0. The predicted octanol–water partition coefficient (Wildman–Crippen LogP) is 0.558. The van der Waals surface area contributed by atoms with Crippen LogP contribution < -0.4 is 16.0 Å². The maximum Gasteiger partial charge on any atom is 0.246 e. The molecule has 8 nitrogen and oxygen atoms in total. The van der Waals surface area contributed by atoms with Crippen molar-refractivity contribution >= 4 is 23.6 Å². The van der Waals surface area contributed by atoms with E-state index in [1.165, 1.54) is 0 Å². The number of fused-ring (bicyclic) bond motifs is 1. The summed E-state index contributed by atoms with van der Waals surface area (Å²) in [4.78, 5) is 53.1. The zero-order valence-electron chi connectivity index (χ0n) is 17.6. The predicted molar refractivity (Wildman–Crippen MR) is 105 cm³/mol. The highest BCUT2D eigenvalue weighted by Crippen LogP contribution is 2.22. The lowest BCUT2D eigenvalue weighted by Crippen LogP contribution is -2.61. The molecule has 2 heterocycles. The van der Waals surface area contributed by atoms with E-state index in [0.29, 0.717) is 25.8 Å². The van der Waals surface area contributed by atoms with Gasteiger partial charge in [0.25, 0.3) is 0 Å². The molecule has 0 bridgehead atoms. The first-order valence-electron chi connectivity index (χ1n) is 10.4. The van der Waals surface area contributed by atoms with E-state index < -0.39 is 30.1 Å². The van der Waals surface area contributed by atoms with E-state index in [1.54, 1.807) is 11.8 Å². The van der Waals surface area contributed by atoms with Crippen LogP contribution >= 0.6 is 0 Å². The molecular weight excluding hydrogens is 360 g/mol. The second kappa shape index (κ2) is 9.39. The first-order chi connectivity index (χ1) is 13.1. The number of nitrogens with one attached hydrogen (secondary N) is 3. The van der Waals surface area contributed by atoms with E-state index in [4.69, 9.17) is 0 Å². The number of carbonyl (C=O) groups is 4. The summed E-state index contributed by atoms with van der Waals surface area (Å²) >= 11 is 0. The van der Waals surface area contributed by atoms with Crippen molar-refractivity contribution in [3.63, 3.8) is 0 Å². The number of amides is 4. The summed E-state index contributed by atoms with van der Waals surface area (Å²) in [6.07, 6.45) is 2.45. The van der Waals surface area contributed by atoms with Gasteiger partial charge in [-0.1, -0.05) is 34.1 Å². The van der Waals surface area contributed by atoms with Crippen molar-refractivity contribution in [3.8, 4) is 0 Å². The van der Waals surface area contributed by atoms with Crippen molar-refractivity contribution in [2.24, 2.45) is 11.8 Å². The minimum atomic E-state index is -0.799. The molecule has 8 heteroatoms. The van der Waals surface area contributed by atoms with Gasteiger partial charge in [-0.2, -0.15) is 0 Å². The van der Waals surface area contributed by atoms with Crippen LogP contribution in [0.2, 0.25) is 0 Å². The average Bonchev–Trinajstić information content (AvgIpc) is 3.12. The molecule has 0 aromatic carbocycles. The largest absolute Gasteiger partial charge is 0.343 e. The fraction of sp³-hybridized carbons (Fsp3) is 0.800. The number of nitrogens with zero attached hydrogens (tertiary/aromatic N) is 1. The fourth-order valence-corrected chi connectivity index (χ4v) is 3.79. The zero-order valence-corrected chi connectivity index (χ0v) is 17.6. The molecule has 0 spiro atoms. The number of carbonyl (C=O) groups excluding carboxylic acids is 4. The second-order valence-corrected chi connectivity index (χ2v) is 8.48. The smallest absolute Gasteiger partial charge is 0.246 e. The van der Waals surface area contributed by atoms with Gasteiger partial charge in [0.2, 0.25) is 23.6 Å². The van der Waals surface area contributed by atoms with Gasteiger partial charge in [-0.3, -0.25) is 19.2 Å². The highest BCUT2D eigenvalue weighted by atomic mass is 16.2. The molecule has 2 rings (SSSR count). The van der Waals surface area contributed by atoms with Crippen molar-refractivity contribution in [3.05, 3.63) is 0 Å². The molecule has 0 aromatic heterocycles. The van der Waals surface area contributed by atoms with Gasteiger partial charge in [-0.25, -0.2) is 0 Å². The van der Waals surface area contributed by atoms with Crippen molar-refractivity contribution in [2.75, 3.05) is 6.54 Å². The van der Waals surface area contributed by atoms with Crippen LogP contribution in [0.15, 0.2) is 0 Å². The van der Waals surface area contributed by atoms with Crippen LogP contribution in [0.1, 0.15) is 60.3 Å². The van der Waals surface area contributed by atoms with Crippen LogP contribution in [-0.4, -0.2) is 59.2 Å². The number of hydrogen-bond acceptors (Lipinski definition) is 4. The Morgan fingerprint density at radius 3 is 2.29 bits per heavy atom. The van der Waals surface area contributed by atoms with Gasteiger partial charge in [0.15, 0.2) is 0 Å². The molecule has 0 saturated carbocycles. The van der Waals surface area contributed by atoms with E-state index in [1.807, 2.05) is 27.7 Å². The Bertz CT molecular complexity index is 621. The van der Waals surface area contributed by atoms with E-state index in [0.717, 1.165) is 6.42 Å². The average molecular weight is 395 g/mol. The quantitative estimate of drug-likeness (QED) is 0.647. The van der Waals surface area contributed by atoms with Gasteiger partial charge >= 0.3 is 0 Å². The van der Waals surface area contributed by atoms with Crippen molar-refractivity contribution in [1.29, 1.82) is 0 Å². The molecule has 2 aliphatic heterocycles. The topological polar surface area (TPSA) is 108 Å². The molecule has 0 unspecified atom stereocenters. The minimum Gasteiger partial charge on any atom is -0.343 e. The maximum atomic E-state index is 13.2. The third-order valence-corrected chi connectivity index (χ3v) is 5.71. The minimum absolute atomic E-state index is 0.0831. The van der Waals surface area contributed by atoms with Crippen LogP contribution in [0.5, 0.6) is 0 Å². The first-order valence-corrected chi connectivity index (χ1v) is 10.4. The maximum absolute atomic E-state index is 13.2. The van der Waals surface area contributed by atoms with Gasteiger partial charge in [-0.05, 0) is 38.0 Å².